The fraction of sp³-hybridized carbons (Fsp3) is 0.417. The van der Waals surface area contributed by atoms with Crippen LogP contribution in [0.3, 0.4) is 0 Å². The van der Waals surface area contributed by atoms with Gasteiger partial charge in [-0.25, -0.2) is 0 Å². The molecule has 5 rings (SSSR count). The Balaban J connectivity index is 1.29. The number of carbonyl (C=O) groups excluding carboxylic acids is 1. The molecule has 10 heteroatoms. The highest BCUT2D eigenvalue weighted by Crippen LogP contribution is 2.38. The van der Waals surface area contributed by atoms with Crippen molar-refractivity contribution in [1.82, 2.24) is 25.1 Å². The van der Waals surface area contributed by atoms with E-state index in [4.69, 9.17) is 14.2 Å². The lowest BCUT2D eigenvalue weighted by atomic mass is 10.0. The molecule has 1 aromatic heterocycles. The molecule has 3 aromatic rings. The van der Waals surface area contributed by atoms with Crippen LogP contribution in [0.5, 0.6) is 17.2 Å². The number of nitrogens with zero attached hydrogens (tertiary/aromatic N) is 5. The topological polar surface area (TPSA) is 91.6 Å². The molecule has 1 unspecified atom stereocenters. The molecular weight excluding hydrogens is 454 g/mol. The Bertz CT molecular complexity index is 1150. The number of hydrogen-bond donors (Lipinski definition) is 0. The fourth-order valence-electron chi connectivity index (χ4n) is 4.34. The van der Waals surface area contributed by atoms with Gasteiger partial charge in [0.1, 0.15) is 11.4 Å². The van der Waals surface area contributed by atoms with Gasteiger partial charge >= 0.3 is 0 Å². The molecule has 2 aliphatic heterocycles. The van der Waals surface area contributed by atoms with E-state index in [9.17, 15) is 4.79 Å². The third-order valence-electron chi connectivity index (χ3n) is 5.89. The highest BCUT2D eigenvalue weighted by atomic mass is 32.2. The molecule has 0 radical (unpaired) electrons. The monoisotopic (exact) mass is 481 g/mol. The fourth-order valence-corrected chi connectivity index (χ4v) is 5.11. The second-order valence-corrected chi connectivity index (χ2v) is 9.01. The van der Waals surface area contributed by atoms with Crippen LogP contribution in [0, 0.1) is 0 Å². The molecule has 1 fully saturated rings. The van der Waals surface area contributed by atoms with Gasteiger partial charge in [0.2, 0.25) is 11.1 Å². The van der Waals surface area contributed by atoms with E-state index < -0.39 is 0 Å². The number of para-hydroxylation sites is 2. The van der Waals surface area contributed by atoms with Crippen LogP contribution >= 0.6 is 11.8 Å². The van der Waals surface area contributed by atoms with Crippen molar-refractivity contribution in [3.8, 4) is 22.9 Å². The maximum Gasteiger partial charge on any atom is 0.233 e. The molecule has 0 saturated carbocycles. The number of fused-ring (bicyclic) bond motifs is 1. The molecule has 1 amide bonds. The number of likely N-dealkylation sites (tertiary alicyclic amines) is 1. The van der Waals surface area contributed by atoms with E-state index in [1.807, 2.05) is 54.3 Å². The largest absolute Gasteiger partial charge is 0.492 e. The van der Waals surface area contributed by atoms with E-state index in [-0.39, 0.29) is 17.7 Å². The van der Waals surface area contributed by atoms with Crippen LogP contribution in [0.15, 0.2) is 47.6 Å². The molecule has 9 nitrogen and oxygen atoms in total. The SMILES string of the molecule is CCOc1ccccc1-n1nnnc1SCC(=O)N1CCCC1c1ccc2c(c1)OCCCO2. The third kappa shape index (κ3) is 4.68. The van der Waals surface area contributed by atoms with Gasteiger partial charge in [-0.05, 0) is 60.0 Å². The zero-order chi connectivity index (χ0) is 23.3. The van der Waals surface area contributed by atoms with Crippen molar-refractivity contribution in [2.24, 2.45) is 0 Å². The number of amides is 1. The Kier molecular flexibility index (Phi) is 6.84. The second kappa shape index (κ2) is 10.3. The number of benzene rings is 2. The number of carbonyl (C=O) groups is 1. The molecule has 3 heterocycles. The maximum atomic E-state index is 13.2. The maximum absolute atomic E-state index is 13.2. The van der Waals surface area contributed by atoms with Crippen molar-refractivity contribution in [2.45, 2.75) is 37.4 Å². The Labute approximate surface area is 202 Å². The van der Waals surface area contributed by atoms with Crippen molar-refractivity contribution >= 4 is 17.7 Å². The van der Waals surface area contributed by atoms with Crippen molar-refractivity contribution in [3.05, 3.63) is 48.0 Å². The van der Waals surface area contributed by atoms with Crippen LogP contribution < -0.4 is 14.2 Å². The Morgan fingerprint density at radius 1 is 1.15 bits per heavy atom. The van der Waals surface area contributed by atoms with E-state index in [0.717, 1.165) is 48.6 Å². The smallest absolute Gasteiger partial charge is 0.233 e. The molecule has 0 spiro atoms. The average Bonchev–Trinajstić information content (AvgIpc) is 3.48. The van der Waals surface area contributed by atoms with Gasteiger partial charge in [0.15, 0.2) is 11.5 Å². The molecule has 0 aliphatic carbocycles. The first-order chi connectivity index (χ1) is 16.7. The number of rotatable bonds is 7. The van der Waals surface area contributed by atoms with Crippen molar-refractivity contribution < 1.29 is 19.0 Å². The van der Waals surface area contributed by atoms with Crippen molar-refractivity contribution in [3.63, 3.8) is 0 Å². The zero-order valence-electron chi connectivity index (χ0n) is 19.1. The van der Waals surface area contributed by atoms with Crippen molar-refractivity contribution in [1.29, 1.82) is 0 Å². The van der Waals surface area contributed by atoms with Gasteiger partial charge in [-0.15, -0.1) is 5.10 Å². The second-order valence-electron chi connectivity index (χ2n) is 8.06. The highest BCUT2D eigenvalue weighted by molar-refractivity contribution is 7.99. The van der Waals surface area contributed by atoms with Gasteiger partial charge in [0.25, 0.3) is 0 Å². The Morgan fingerprint density at radius 3 is 2.88 bits per heavy atom. The summed E-state index contributed by atoms with van der Waals surface area (Å²) >= 11 is 1.33. The number of thioether (sulfide) groups is 1. The minimum absolute atomic E-state index is 0.0277. The van der Waals surface area contributed by atoms with Crippen LogP contribution in [-0.2, 0) is 4.79 Å². The Morgan fingerprint density at radius 2 is 2.00 bits per heavy atom. The van der Waals surface area contributed by atoms with E-state index in [1.54, 1.807) is 4.68 Å². The molecule has 0 bridgehead atoms. The van der Waals surface area contributed by atoms with E-state index in [2.05, 4.69) is 15.5 Å². The number of tetrazole rings is 1. The normalized spacial score (nSPS) is 17.4. The molecule has 178 valence electrons. The van der Waals surface area contributed by atoms with Crippen LogP contribution in [0.25, 0.3) is 5.69 Å². The first-order valence-electron chi connectivity index (χ1n) is 11.6. The molecule has 2 aliphatic rings. The lowest BCUT2D eigenvalue weighted by Gasteiger charge is -2.25. The van der Waals surface area contributed by atoms with Crippen LogP contribution in [-0.4, -0.2) is 63.1 Å². The summed E-state index contributed by atoms with van der Waals surface area (Å²) in [6.07, 6.45) is 2.76. The summed E-state index contributed by atoms with van der Waals surface area (Å²) in [6.45, 7) is 4.50. The summed E-state index contributed by atoms with van der Waals surface area (Å²) in [4.78, 5) is 15.2. The molecule has 1 atom stereocenters. The number of hydrogen-bond acceptors (Lipinski definition) is 8. The zero-order valence-corrected chi connectivity index (χ0v) is 19.9. The summed E-state index contributed by atoms with van der Waals surface area (Å²) in [6, 6.07) is 13.6. The minimum Gasteiger partial charge on any atom is -0.492 e. The van der Waals surface area contributed by atoms with Crippen LogP contribution in [0.2, 0.25) is 0 Å². The van der Waals surface area contributed by atoms with Crippen LogP contribution in [0.4, 0.5) is 0 Å². The number of aromatic nitrogens is 4. The van der Waals surface area contributed by atoms with Crippen molar-refractivity contribution in [2.75, 3.05) is 32.1 Å². The van der Waals surface area contributed by atoms with Gasteiger partial charge in [-0.3, -0.25) is 4.79 Å². The summed E-state index contributed by atoms with van der Waals surface area (Å²) in [7, 11) is 0. The minimum atomic E-state index is 0.0277. The standard InChI is InChI=1S/C24H27N5O4S/c1-2-31-20-9-4-3-7-19(20)29-24(25-26-27-29)34-16-23(30)28-12-5-8-18(28)17-10-11-21-22(15-17)33-14-6-13-32-21/h3-4,7,9-11,15,18H,2,5-6,8,12-14,16H2,1H3. The van der Waals surface area contributed by atoms with Gasteiger partial charge < -0.3 is 19.1 Å². The van der Waals surface area contributed by atoms with Gasteiger partial charge in [0.05, 0.1) is 31.6 Å². The number of ether oxygens (including phenoxy) is 3. The molecule has 34 heavy (non-hydrogen) atoms. The van der Waals surface area contributed by atoms with E-state index in [1.165, 1.54) is 11.8 Å². The van der Waals surface area contributed by atoms with Gasteiger partial charge in [-0.2, -0.15) is 4.68 Å². The first kappa shape index (κ1) is 22.5. The summed E-state index contributed by atoms with van der Waals surface area (Å²) in [5, 5.41) is 12.6. The molecule has 2 aromatic carbocycles. The lowest BCUT2D eigenvalue weighted by molar-refractivity contribution is -0.129. The van der Waals surface area contributed by atoms with E-state index in [0.29, 0.717) is 30.7 Å². The first-order valence-corrected chi connectivity index (χ1v) is 12.6. The third-order valence-corrected chi connectivity index (χ3v) is 6.79. The molecular formula is C24H27N5O4S. The summed E-state index contributed by atoms with van der Waals surface area (Å²) in [5.74, 6) is 2.53. The summed E-state index contributed by atoms with van der Waals surface area (Å²) in [5.41, 5.74) is 1.83. The quantitative estimate of drug-likeness (QED) is 0.472. The van der Waals surface area contributed by atoms with Gasteiger partial charge in [0, 0.05) is 13.0 Å². The van der Waals surface area contributed by atoms with E-state index >= 15 is 0 Å². The summed E-state index contributed by atoms with van der Waals surface area (Å²) < 4.78 is 18.9. The van der Waals surface area contributed by atoms with Crippen LogP contribution in [0.1, 0.15) is 37.8 Å². The lowest BCUT2D eigenvalue weighted by Crippen LogP contribution is -2.32. The van der Waals surface area contributed by atoms with Gasteiger partial charge in [-0.1, -0.05) is 30.0 Å². The predicted octanol–water partition coefficient (Wildman–Crippen LogP) is 3.68. The molecule has 0 N–H and O–H groups in total. The highest BCUT2D eigenvalue weighted by Gasteiger charge is 2.31. The Hall–Kier alpha value is -3.27. The molecule has 1 saturated heterocycles. The predicted molar refractivity (Wildman–Crippen MR) is 127 cm³/mol. The average molecular weight is 482 g/mol.